The van der Waals surface area contributed by atoms with Crippen molar-refractivity contribution in [2.75, 3.05) is 19.4 Å². The Kier molecular flexibility index (Phi) is 6.40. The van der Waals surface area contributed by atoms with Crippen molar-refractivity contribution < 1.29 is 9.53 Å². The highest BCUT2D eigenvalue weighted by Crippen LogP contribution is 2.17. The standard InChI is InChI=1S/C16H23NO2S/c1-20-15-9-7-13(8-10-15)16(18)17-11-4-6-14-5-2-3-12-19-14/h7-10,14H,2-6,11-12H2,1H3,(H,17,18)/t14-/m1/s1. The van der Waals surface area contributed by atoms with Gasteiger partial charge in [-0.1, -0.05) is 0 Å². The lowest BCUT2D eigenvalue weighted by molar-refractivity contribution is 0.0102. The van der Waals surface area contributed by atoms with Crippen LogP contribution in [0.2, 0.25) is 0 Å². The first-order chi connectivity index (χ1) is 9.79. The fraction of sp³-hybridized carbons (Fsp3) is 0.562. The lowest BCUT2D eigenvalue weighted by Gasteiger charge is -2.22. The number of ether oxygens (including phenoxy) is 1. The van der Waals surface area contributed by atoms with E-state index in [-0.39, 0.29) is 5.91 Å². The minimum Gasteiger partial charge on any atom is -0.378 e. The van der Waals surface area contributed by atoms with E-state index in [1.54, 1.807) is 11.8 Å². The number of thioether (sulfide) groups is 1. The Labute approximate surface area is 125 Å². The van der Waals surface area contributed by atoms with Crippen LogP contribution in [0.25, 0.3) is 0 Å². The Balaban J connectivity index is 1.66. The summed E-state index contributed by atoms with van der Waals surface area (Å²) in [4.78, 5) is 13.1. The van der Waals surface area contributed by atoms with Crippen molar-refractivity contribution in [1.82, 2.24) is 5.32 Å². The van der Waals surface area contributed by atoms with Gasteiger partial charge in [0.2, 0.25) is 0 Å². The highest BCUT2D eigenvalue weighted by atomic mass is 32.2. The molecule has 0 saturated carbocycles. The normalized spacial score (nSPS) is 18.8. The minimum absolute atomic E-state index is 0.0159. The van der Waals surface area contributed by atoms with Crippen LogP contribution in [0.1, 0.15) is 42.5 Å². The topological polar surface area (TPSA) is 38.3 Å². The van der Waals surface area contributed by atoms with Crippen LogP contribution >= 0.6 is 11.8 Å². The number of nitrogens with one attached hydrogen (secondary N) is 1. The molecule has 1 atom stereocenters. The zero-order valence-electron chi connectivity index (χ0n) is 12.1. The summed E-state index contributed by atoms with van der Waals surface area (Å²) in [6.07, 6.45) is 8.11. The van der Waals surface area contributed by atoms with E-state index in [1.807, 2.05) is 30.5 Å². The van der Waals surface area contributed by atoms with Crippen molar-refractivity contribution in [2.45, 2.75) is 43.1 Å². The summed E-state index contributed by atoms with van der Waals surface area (Å²) in [5.41, 5.74) is 0.733. The Morgan fingerprint density at radius 3 is 2.80 bits per heavy atom. The zero-order valence-corrected chi connectivity index (χ0v) is 12.9. The molecule has 110 valence electrons. The van der Waals surface area contributed by atoms with Gasteiger partial charge in [0.15, 0.2) is 0 Å². The van der Waals surface area contributed by atoms with Crippen LogP contribution in [0.5, 0.6) is 0 Å². The number of hydrogen-bond acceptors (Lipinski definition) is 3. The zero-order chi connectivity index (χ0) is 14.2. The third kappa shape index (κ3) is 4.84. The second-order valence-electron chi connectivity index (χ2n) is 5.12. The molecule has 0 unspecified atom stereocenters. The smallest absolute Gasteiger partial charge is 0.251 e. The van der Waals surface area contributed by atoms with Gasteiger partial charge < -0.3 is 10.1 Å². The number of rotatable bonds is 6. The summed E-state index contributed by atoms with van der Waals surface area (Å²) in [6.45, 7) is 1.63. The minimum atomic E-state index is 0.0159. The van der Waals surface area contributed by atoms with Crippen molar-refractivity contribution >= 4 is 17.7 Å². The van der Waals surface area contributed by atoms with Crippen LogP contribution in [-0.2, 0) is 4.74 Å². The molecule has 1 aromatic rings. The number of amides is 1. The second-order valence-corrected chi connectivity index (χ2v) is 5.99. The molecule has 0 bridgehead atoms. The van der Waals surface area contributed by atoms with Gasteiger partial charge in [-0.15, -0.1) is 11.8 Å². The Morgan fingerprint density at radius 1 is 1.35 bits per heavy atom. The van der Waals surface area contributed by atoms with Gasteiger partial charge in [0.25, 0.3) is 5.91 Å². The van der Waals surface area contributed by atoms with Gasteiger partial charge in [0.05, 0.1) is 6.10 Å². The number of carbonyl (C=O) groups excluding carboxylic acids is 1. The average Bonchev–Trinajstić information content (AvgIpc) is 2.52. The molecule has 1 amide bonds. The van der Waals surface area contributed by atoms with Crippen LogP contribution < -0.4 is 5.32 Å². The SMILES string of the molecule is CSc1ccc(C(=O)NCCC[C@H]2CCCCO2)cc1. The van der Waals surface area contributed by atoms with Crippen LogP contribution in [0, 0.1) is 0 Å². The summed E-state index contributed by atoms with van der Waals surface area (Å²) in [5, 5.41) is 2.97. The van der Waals surface area contributed by atoms with E-state index in [0.29, 0.717) is 6.10 Å². The molecular formula is C16H23NO2S. The molecule has 1 aliphatic heterocycles. The lowest BCUT2D eigenvalue weighted by Crippen LogP contribution is -2.26. The van der Waals surface area contributed by atoms with Crippen molar-refractivity contribution in [3.8, 4) is 0 Å². The maximum absolute atomic E-state index is 11.9. The molecule has 1 fully saturated rings. The molecule has 1 aliphatic rings. The first-order valence-corrected chi connectivity index (χ1v) is 8.56. The third-order valence-corrected chi connectivity index (χ3v) is 4.36. The molecule has 0 aromatic heterocycles. The predicted molar refractivity (Wildman–Crippen MR) is 83.4 cm³/mol. The highest BCUT2D eigenvalue weighted by Gasteiger charge is 2.13. The van der Waals surface area contributed by atoms with Gasteiger partial charge in [-0.05, 0) is 62.6 Å². The molecule has 1 N–H and O–H groups in total. The first kappa shape index (κ1) is 15.4. The van der Waals surface area contributed by atoms with Gasteiger partial charge in [-0.3, -0.25) is 4.79 Å². The van der Waals surface area contributed by atoms with Crippen molar-refractivity contribution in [1.29, 1.82) is 0 Å². The predicted octanol–water partition coefficient (Wildman–Crippen LogP) is 3.49. The molecular weight excluding hydrogens is 270 g/mol. The van der Waals surface area contributed by atoms with Gasteiger partial charge in [0.1, 0.15) is 0 Å². The molecule has 4 heteroatoms. The number of benzene rings is 1. The average molecular weight is 293 g/mol. The van der Waals surface area contributed by atoms with E-state index in [4.69, 9.17) is 4.74 Å². The van der Waals surface area contributed by atoms with Crippen molar-refractivity contribution in [3.63, 3.8) is 0 Å². The maximum atomic E-state index is 11.9. The molecule has 20 heavy (non-hydrogen) atoms. The molecule has 1 heterocycles. The molecule has 1 saturated heterocycles. The van der Waals surface area contributed by atoms with E-state index in [1.165, 1.54) is 24.2 Å². The van der Waals surface area contributed by atoms with Gasteiger partial charge in [0, 0.05) is 23.6 Å². The van der Waals surface area contributed by atoms with Crippen LogP contribution in [0.15, 0.2) is 29.2 Å². The van der Waals surface area contributed by atoms with Crippen LogP contribution in [0.4, 0.5) is 0 Å². The summed E-state index contributed by atoms with van der Waals surface area (Å²) in [5.74, 6) is 0.0159. The molecule has 0 aliphatic carbocycles. The largest absolute Gasteiger partial charge is 0.378 e. The van der Waals surface area contributed by atoms with E-state index >= 15 is 0 Å². The second kappa shape index (κ2) is 8.32. The first-order valence-electron chi connectivity index (χ1n) is 7.33. The van der Waals surface area contributed by atoms with Gasteiger partial charge >= 0.3 is 0 Å². The van der Waals surface area contributed by atoms with E-state index in [2.05, 4.69) is 5.32 Å². The number of carbonyl (C=O) groups is 1. The fourth-order valence-electron chi connectivity index (χ4n) is 2.41. The highest BCUT2D eigenvalue weighted by molar-refractivity contribution is 7.98. The Bertz CT molecular complexity index is 413. The van der Waals surface area contributed by atoms with Crippen molar-refractivity contribution in [2.24, 2.45) is 0 Å². The molecule has 3 nitrogen and oxygen atoms in total. The lowest BCUT2D eigenvalue weighted by atomic mass is 10.0. The summed E-state index contributed by atoms with van der Waals surface area (Å²) < 4.78 is 5.68. The van der Waals surface area contributed by atoms with E-state index < -0.39 is 0 Å². The Morgan fingerprint density at radius 2 is 2.15 bits per heavy atom. The summed E-state index contributed by atoms with van der Waals surface area (Å²) in [6, 6.07) is 7.72. The van der Waals surface area contributed by atoms with Gasteiger partial charge in [-0.2, -0.15) is 0 Å². The number of hydrogen-bond donors (Lipinski definition) is 1. The van der Waals surface area contributed by atoms with E-state index in [0.717, 1.165) is 31.6 Å². The molecule has 0 radical (unpaired) electrons. The molecule has 0 spiro atoms. The summed E-state index contributed by atoms with van der Waals surface area (Å²) >= 11 is 1.68. The van der Waals surface area contributed by atoms with Crippen LogP contribution in [-0.4, -0.2) is 31.4 Å². The quantitative estimate of drug-likeness (QED) is 0.644. The fourth-order valence-corrected chi connectivity index (χ4v) is 2.82. The van der Waals surface area contributed by atoms with Crippen molar-refractivity contribution in [3.05, 3.63) is 29.8 Å². The Hall–Kier alpha value is -1.00. The molecule has 1 aromatic carbocycles. The van der Waals surface area contributed by atoms with Gasteiger partial charge in [-0.25, -0.2) is 0 Å². The summed E-state index contributed by atoms with van der Waals surface area (Å²) in [7, 11) is 0. The molecule has 2 rings (SSSR count). The van der Waals surface area contributed by atoms with Crippen LogP contribution in [0.3, 0.4) is 0 Å². The van der Waals surface area contributed by atoms with E-state index in [9.17, 15) is 4.79 Å². The maximum Gasteiger partial charge on any atom is 0.251 e. The third-order valence-electron chi connectivity index (χ3n) is 3.61. The monoisotopic (exact) mass is 293 g/mol.